The van der Waals surface area contributed by atoms with Crippen molar-refractivity contribution in [2.45, 2.75) is 5.03 Å². The van der Waals surface area contributed by atoms with Crippen molar-refractivity contribution in [3.8, 4) is 0 Å². The van der Waals surface area contributed by atoms with Crippen LogP contribution in [0.5, 0.6) is 0 Å². The molecule has 1 N–H and O–H groups in total. The van der Waals surface area contributed by atoms with Crippen LogP contribution < -0.4 is 5.32 Å². The summed E-state index contributed by atoms with van der Waals surface area (Å²) in [6.45, 7) is 0. The van der Waals surface area contributed by atoms with Crippen molar-refractivity contribution >= 4 is 24.1 Å². The van der Waals surface area contributed by atoms with Crippen LogP contribution in [0.3, 0.4) is 0 Å². The predicted molar refractivity (Wildman–Crippen MR) is 49.8 cm³/mol. The fourth-order valence-corrected chi connectivity index (χ4v) is 1.24. The molecule has 0 saturated heterocycles. The SMILES string of the molecule is CNc1cnc2cnc(S)cn12. The molecule has 2 aromatic heterocycles. The second-order valence-electron chi connectivity index (χ2n) is 2.37. The van der Waals surface area contributed by atoms with Crippen LogP contribution in [0.4, 0.5) is 5.82 Å². The first-order valence-corrected chi connectivity index (χ1v) is 3.96. The van der Waals surface area contributed by atoms with Gasteiger partial charge in [0, 0.05) is 13.2 Å². The molecule has 0 bridgehead atoms. The minimum absolute atomic E-state index is 0.678. The minimum atomic E-state index is 0.678. The van der Waals surface area contributed by atoms with E-state index in [0.29, 0.717) is 5.03 Å². The number of aromatic nitrogens is 3. The summed E-state index contributed by atoms with van der Waals surface area (Å²) in [6.07, 6.45) is 5.25. The molecule has 62 valence electrons. The number of hydrogen-bond donors (Lipinski definition) is 2. The Hall–Kier alpha value is -1.23. The van der Waals surface area contributed by atoms with Gasteiger partial charge in [0.05, 0.1) is 12.4 Å². The lowest BCUT2D eigenvalue weighted by Crippen LogP contribution is -1.94. The zero-order chi connectivity index (χ0) is 8.55. The number of nitrogens with zero attached hydrogens (tertiary/aromatic N) is 3. The summed E-state index contributed by atoms with van der Waals surface area (Å²) in [5, 5.41) is 3.69. The van der Waals surface area contributed by atoms with Gasteiger partial charge in [-0.3, -0.25) is 4.40 Å². The normalized spacial score (nSPS) is 10.5. The number of imidazole rings is 1. The van der Waals surface area contributed by atoms with E-state index in [1.54, 1.807) is 12.4 Å². The van der Waals surface area contributed by atoms with Crippen LogP contribution in [0.2, 0.25) is 0 Å². The van der Waals surface area contributed by atoms with Crippen LogP contribution in [-0.4, -0.2) is 21.4 Å². The monoisotopic (exact) mass is 180 g/mol. The van der Waals surface area contributed by atoms with Crippen LogP contribution >= 0.6 is 12.6 Å². The minimum Gasteiger partial charge on any atom is -0.373 e. The molecular weight excluding hydrogens is 172 g/mol. The maximum absolute atomic E-state index is 4.13. The molecule has 0 atom stereocenters. The molecule has 0 fully saturated rings. The van der Waals surface area contributed by atoms with E-state index in [1.807, 2.05) is 17.6 Å². The van der Waals surface area contributed by atoms with Gasteiger partial charge in [-0.05, 0) is 0 Å². The van der Waals surface area contributed by atoms with Gasteiger partial charge < -0.3 is 5.32 Å². The van der Waals surface area contributed by atoms with E-state index in [0.717, 1.165) is 11.5 Å². The van der Waals surface area contributed by atoms with Crippen molar-refractivity contribution in [1.82, 2.24) is 14.4 Å². The molecule has 0 aliphatic carbocycles. The number of fused-ring (bicyclic) bond motifs is 1. The van der Waals surface area contributed by atoms with Crippen molar-refractivity contribution < 1.29 is 0 Å². The van der Waals surface area contributed by atoms with E-state index < -0.39 is 0 Å². The van der Waals surface area contributed by atoms with Crippen molar-refractivity contribution in [2.75, 3.05) is 12.4 Å². The summed E-state index contributed by atoms with van der Waals surface area (Å²) in [5.41, 5.74) is 0.817. The van der Waals surface area contributed by atoms with Gasteiger partial charge in [0.15, 0.2) is 5.65 Å². The molecule has 2 heterocycles. The predicted octanol–water partition coefficient (Wildman–Crippen LogP) is 1.06. The molecule has 0 spiro atoms. The van der Waals surface area contributed by atoms with Gasteiger partial charge in [0.2, 0.25) is 0 Å². The second kappa shape index (κ2) is 2.67. The van der Waals surface area contributed by atoms with Crippen LogP contribution in [0, 0.1) is 0 Å². The molecule has 0 aromatic carbocycles. The second-order valence-corrected chi connectivity index (χ2v) is 2.83. The van der Waals surface area contributed by atoms with Crippen molar-refractivity contribution in [1.29, 1.82) is 0 Å². The highest BCUT2D eigenvalue weighted by Crippen LogP contribution is 2.11. The Morgan fingerprint density at radius 2 is 2.25 bits per heavy atom. The average Bonchev–Trinajstić information content (AvgIpc) is 2.46. The van der Waals surface area contributed by atoms with Crippen molar-refractivity contribution in [2.24, 2.45) is 0 Å². The molecule has 0 aliphatic heterocycles. The molecule has 12 heavy (non-hydrogen) atoms. The van der Waals surface area contributed by atoms with E-state index >= 15 is 0 Å². The molecule has 4 nitrogen and oxygen atoms in total. The Labute approximate surface area is 75.1 Å². The molecular formula is C7H8N4S. The van der Waals surface area contributed by atoms with Gasteiger partial charge in [0.1, 0.15) is 10.8 Å². The van der Waals surface area contributed by atoms with Gasteiger partial charge in [-0.15, -0.1) is 12.6 Å². The molecule has 0 saturated carbocycles. The van der Waals surface area contributed by atoms with Gasteiger partial charge >= 0.3 is 0 Å². The lowest BCUT2D eigenvalue weighted by atomic mass is 10.6. The van der Waals surface area contributed by atoms with Gasteiger partial charge in [-0.1, -0.05) is 0 Å². The summed E-state index contributed by atoms with van der Waals surface area (Å²) in [5.74, 6) is 0.933. The zero-order valence-electron chi connectivity index (χ0n) is 6.52. The Morgan fingerprint density at radius 3 is 3.00 bits per heavy atom. The first-order chi connectivity index (χ1) is 5.81. The van der Waals surface area contributed by atoms with Crippen molar-refractivity contribution in [3.05, 3.63) is 18.6 Å². The van der Waals surface area contributed by atoms with E-state index in [9.17, 15) is 0 Å². The number of nitrogens with one attached hydrogen (secondary N) is 1. The fourth-order valence-electron chi connectivity index (χ4n) is 1.06. The highest BCUT2D eigenvalue weighted by Gasteiger charge is 2.00. The standard InChI is InChI=1S/C7H8N4S/c1-8-5-2-9-6-3-10-7(12)4-11(5)6/h2-4,8,12H,1H3. The lowest BCUT2D eigenvalue weighted by Gasteiger charge is -1.99. The van der Waals surface area contributed by atoms with E-state index in [2.05, 4.69) is 27.9 Å². The third-order valence-electron chi connectivity index (χ3n) is 1.64. The number of thiol groups is 1. The Balaban J connectivity index is 2.75. The summed E-state index contributed by atoms with van der Waals surface area (Å²) in [4.78, 5) is 8.14. The maximum Gasteiger partial charge on any atom is 0.156 e. The number of anilines is 1. The average molecular weight is 180 g/mol. The Morgan fingerprint density at radius 1 is 1.42 bits per heavy atom. The van der Waals surface area contributed by atoms with Crippen LogP contribution in [-0.2, 0) is 0 Å². The highest BCUT2D eigenvalue weighted by atomic mass is 32.1. The zero-order valence-corrected chi connectivity index (χ0v) is 7.42. The molecule has 0 radical (unpaired) electrons. The summed E-state index contributed by atoms with van der Waals surface area (Å²) in [6, 6.07) is 0. The Bertz CT molecular complexity index is 409. The first-order valence-electron chi connectivity index (χ1n) is 3.51. The van der Waals surface area contributed by atoms with E-state index in [-0.39, 0.29) is 0 Å². The van der Waals surface area contributed by atoms with Crippen molar-refractivity contribution in [3.63, 3.8) is 0 Å². The smallest absolute Gasteiger partial charge is 0.156 e. The van der Waals surface area contributed by atoms with Gasteiger partial charge in [-0.25, -0.2) is 9.97 Å². The molecule has 2 aromatic rings. The Kier molecular flexibility index (Phi) is 1.65. The van der Waals surface area contributed by atoms with Crippen LogP contribution in [0.15, 0.2) is 23.6 Å². The summed E-state index contributed by atoms with van der Waals surface area (Å²) in [7, 11) is 1.85. The molecule has 0 amide bonds. The highest BCUT2D eigenvalue weighted by molar-refractivity contribution is 7.80. The largest absolute Gasteiger partial charge is 0.373 e. The van der Waals surface area contributed by atoms with Gasteiger partial charge in [-0.2, -0.15) is 0 Å². The molecule has 0 aliphatic rings. The molecule has 0 unspecified atom stereocenters. The maximum atomic E-state index is 4.13. The van der Waals surface area contributed by atoms with E-state index in [4.69, 9.17) is 0 Å². The fraction of sp³-hybridized carbons (Fsp3) is 0.143. The quantitative estimate of drug-likeness (QED) is 0.645. The van der Waals surface area contributed by atoms with Crippen LogP contribution in [0.25, 0.3) is 5.65 Å². The third-order valence-corrected chi connectivity index (χ3v) is 1.87. The number of rotatable bonds is 1. The lowest BCUT2D eigenvalue weighted by molar-refractivity contribution is 1.02. The summed E-state index contributed by atoms with van der Waals surface area (Å²) >= 11 is 4.13. The topological polar surface area (TPSA) is 42.2 Å². The molecule has 2 rings (SSSR count). The first kappa shape index (κ1) is 7.42. The molecule has 5 heteroatoms. The summed E-state index contributed by atoms with van der Waals surface area (Å²) < 4.78 is 1.90. The number of hydrogen-bond acceptors (Lipinski definition) is 4. The van der Waals surface area contributed by atoms with Crippen LogP contribution in [0.1, 0.15) is 0 Å². The third kappa shape index (κ3) is 1.02. The van der Waals surface area contributed by atoms with E-state index in [1.165, 1.54) is 0 Å². The van der Waals surface area contributed by atoms with Gasteiger partial charge in [0.25, 0.3) is 0 Å².